The van der Waals surface area contributed by atoms with Crippen LogP contribution < -0.4 is 5.32 Å². The number of oxazole rings is 1. The molecule has 2 heterocycles. The number of allylic oxidation sites excluding steroid dienone is 2. The Morgan fingerprint density at radius 2 is 2.04 bits per heavy atom. The highest BCUT2D eigenvalue weighted by molar-refractivity contribution is 9.10. The van der Waals surface area contributed by atoms with Gasteiger partial charge in [0, 0.05) is 23.6 Å². The van der Waals surface area contributed by atoms with Gasteiger partial charge in [0.15, 0.2) is 5.69 Å². The lowest BCUT2D eigenvalue weighted by atomic mass is 10.0. The van der Waals surface area contributed by atoms with Crippen molar-refractivity contribution in [2.75, 3.05) is 26.2 Å². The number of fused-ring (bicyclic) bond motifs is 1. The molecule has 1 aromatic carbocycles. The molecule has 1 aromatic heterocycles. The van der Waals surface area contributed by atoms with Gasteiger partial charge in [-0.3, -0.25) is 9.59 Å². The second kappa shape index (κ2) is 7.58. The second-order valence-corrected chi connectivity index (χ2v) is 7.87. The molecule has 0 atom stereocenters. The summed E-state index contributed by atoms with van der Waals surface area (Å²) >= 11 is 9.57. The average molecular weight is 451 g/mol. The van der Waals surface area contributed by atoms with Crippen LogP contribution in [0.3, 0.4) is 0 Å². The SMILES string of the molecule is O=C1C=C(NCCN2CCCC2)C(=O)c2oc(-c3ccc(Br)cc3Cl)nc21. The highest BCUT2D eigenvalue weighted by atomic mass is 79.9. The van der Waals surface area contributed by atoms with E-state index in [1.807, 2.05) is 0 Å². The van der Waals surface area contributed by atoms with E-state index >= 15 is 0 Å². The first-order valence-electron chi connectivity index (χ1n) is 8.76. The van der Waals surface area contributed by atoms with Gasteiger partial charge in [0.05, 0.1) is 16.3 Å². The summed E-state index contributed by atoms with van der Waals surface area (Å²) in [6, 6.07) is 5.21. The van der Waals surface area contributed by atoms with Crippen LogP contribution >= 0.6 is 27.5 Å². The third kappa shape index (κ3) is 3.72. The number of carbonyl (C=O) groups excluding carboxylic acids is 2. The number of halogens is 2. The molecule has 0 saturated carbocycles. The fraction of sp³-hybridized carbons (Fsp3) is 0.316. The summed E-state index contributed by atoms with van der Waals surface area (Å²) in [7, 11) is 0. The Morgan fingerprint density at radius 3 is 2.78 bits per heavy atom. The van der Waals surface area contributed by atoms with Crippen molar-refractivity contribution < 1.29 is 14.0 Å². The van der Waals surface area contributed by atoms with Crippen LogP contribution in [0.15, 0.2) is 38.9 Å². The molecule has 0 amide bonds. The van der Waals surface area contributed by atoms with Gasteiger partial charge in [-0.2, -0.15) is 0 Å². The van der Waals surface area contributed by atoms with Crippen molar-refractivity contribution in [1.82, 2.24) is 15.2 Å². The van der Waals surface area contributed by atoms with Crippen molar-refractivity contribution in [3.8, 4) is 11.5 Å². The number of aromatic nitrogens is 1. The first-order valence-corrected chi connectivity index (χ1v) is 9.93. The molecule has 1 saturated heterocycles. The summed E-state index contributed by atoms with van der Waals surface area (Å²) in [6.07, 6.45) is 3.72. The molecule has 1 fully saturated rings. The van der Waals surface area contributed by atoms with Gasteiger partial charge in [-0.25, -0.2) is 4.98 Å². The van der Waals surface area contributed by atoms with E-state index in [1.54, 1.807) is 18.2 Å². The van der Waals surface area contributed by atoms with Crippen molar-refractivity contribution in [3.63, 3.8) is 0 Å². The highest BCUT2D eigenvalue weighted by Gasteiger charge is 2.32. The molecule has 2 aliphatic rings. The van der Waals surface area contributed by atoms with Crippen LogP contribution in [-0.4, -0.2) is 47.6 Å². The first-order chi connectivity index (χ1) is 13.0. The summed E-state index contributed by atoms with van der Waals surface area (Å²) in [5.41, 5.74) is 0.800. The van der Waals surface area contributed by atoms with Gasteiger partial charge >= 0.3 is 0 Å². The van der Waals surface area contributed by atoms with Crippen molar-refractivity contribution in [2.45, 2.75) is 12.8 Å². The third-order valence-electron chi connectivity index (χ3n) is 4.69. The number of carbonyl (C=O) groups is 2. The van der Waals surface area contributed by atoms with Gasteiger partial charge in [-0.15, -0.1) is 0 Å². The number of nitrogens with zero attached hydrogens (tertiary/aromatic N) is 2. The Labute approximate surface area is 169 Å². The van der Waals surface area contributed by atoms with E-state index in [9.17, 15) is 9.59 Å². The zero-order valence-corrected chi connectivity index (χ0v) is 16.8. The lowest BCUT2D eigenvalue weighted by molar-refractivity contribution is 0.0956. The van der Waals surface area contributed by atoms with Gasteiger partial charge in [0.25, 0.3) is 0 Å². The predicted molar refractivity (Wildman–Crippen MR) is 105 cm³/mol. The van der Waals surface area contributed by atoms with Crippen molar-refractivity contribution in [2.24, 2.45) is 0 Å². The molecule has 8 heteroatoms. The molecule has 0 bridgehead atoms. The molecular weight excluding hydrogens is 434 g/mol. The van der Waals surface area contributed by atoms with Crippen LogP contribution in [0.2, 0.25) is 5.02 Å². The normalized spacial score (nSPS) is 17.2. The maximum atomic E-state index is 12.7. The predicted octanol–water partition coefficient (Wildman–Crippen LogP) is 3.71. The third-order valence-corrected chi connectivity index (χ3v) is 5.50. The summed E-state index contributed by atoms with van der Waals surface area (Å²) in [5, 5.41) is 3.48. The number of likely N-dealkylation sites (tertiary alicyclic amines) is 1. The topological polar surface area (TPSA) is 75.4 Å². The molecule has 27 heavy (non-hydrogen) atoms. The fourth-order valence-electron chi connectivity index (χ4n) is 3.29. The van der Waals surface area contributed by atoms with E-state index in [0.29, 0.717) is 17.1 Å². The van der Waals surface area contributed by atoms with Crippen LogP contribution in [0.5, 0.6) is 0 Å². The van der Waals surface area contributed by atoms with Gasteiger partial charge < -0.3 is 14.6 Å². The fourth-order valence-corrected chi connectivity index (χ4v) is 4.05. The van der Waals surface area contributed by atoms with E-state index in [4.69, 9.17) is 16.0 Å². The molecule has 0 spiro atoms. The summed E-state index contributed by atoms with van der Waals surface area (Å²) in [6.45, 7) is 3.59. The van der Waals surface area contributed by atoms with Crippen LogP contribution in [0.25, 0.3) is 11.5 Å². The Kier molecular flexibility index (Phi) is 5.16. The number of hydrogen-bond acceptors (Lipinski definition) is 6. The second-order valence-electron chi connectivity index (χ2n) is 6.55. The molecule has 1 N–H and O–H groups in total. The molecule has 0 radical (unpaired) electrons. The van der Waals surface area contributed by atoms with E-state index in [-0.39, 0.29) is 34.6 Å². The Balaban J connectivity index is 1.53. The zero-order valence-electron chi connectivity index (χ0n) is 14.4. The molecule has 6 nitrogen and oxygen atoms in total. The number of nitrogens with one attached hydrogen (secondary N) is 1. The van der Waals surface area contributed by atoms with Gasteiger partial charge in [-0.05, 0) is 44.1 Å². The monoisotopic (exact) mass is 449 g/mol. The molecular formula is C19H17BrClN3O3. The average Bonchev–Trinajstić information content (AvgIpc) is 3.29. The zero-order chi connectivity index (χ0) is 19.0. The molecule has 2 aromatic rings. The minimum absolute atomic E-state index is 0.0269. The van der Waals surface area contributed by atoms with Crippen LogP contribution in [0, 0.1) is 0 Å². The van der Waals surface area contributed by atoms with Crippen molar-refractivity contribution >= 4 is 39.1 Å². The molecule has 140 valence electrons. The Hall–Kier alpha value is -1.96. The molecule has 1 aliphatic carbocycles. The molecule has 1 aliphatic heterocycles. The summed E-state index contributed by atoms with van der Waals surface area (Å²) in [4.78, 5) is 31.6. The smallest absolute Gasteiger partial charge is 0.246 e. The number of benzene rings is 1. The maximum Gasteiger partial charge on any atom is 0.246 e. The van der Waals surface area contributed by atoms with Gasteiger partial charge in [-0.1, -0.05) is 27.5 Å². The Bertz CT molecular complexity index is 948. The lowest BCUT2D eigenvalue weighted by Gasteiger charge is -2.17. The summed E-state index contributed by atoms with van der Waals surface area (Å²) in [5.74, 6) is -0.597. The summed E-state index contributed by atoms with van der Waals surface area (Å²) < 4.78 is 6.44. The number of hydrogen-bond donors (Lipinski definition) is 1. The number of ketones is 2. The minimum Gasteiger partial charge on any atom is -0.432 e. The van der Waals surface area contributed by atoms with E-state index in [1.165, 1.54) is 18.9 Å². The first kappa shape index (κ1) is 18.4. The van der Waals surface area contributed by atoms with Crippen LogP contribution in [0.1, 0.15) is 33.9 Å². The highest BCUT2D eigenvalue weighted by Crippen LogP contribution is 2.32. The molecule has 4 rings (SSSR count). The lowest BCUT2D eigenvalue weighted by Crippen LogP contribution is -2.33. The minimum atomic E-state index is -0.363. The number of rotatable bonds is 5. The Morgan fingerprint density at radius 1 is 1.26 bits per heavy atom. The molecule has 0 unspecified atom stereocenters. The maximum absolute atomic E-state index is 12.7. The van der Waals surface area contributed by atoms with Gasteiger partial charge in [0.1, 0.15) is 0 Å². The quantitative estimate of drug-likeness (QED) is 0.748. The van der Waals surface area contributed by atoms with Crippen LogP contribution in [0.4, 0.5) is 0 Å². The van der Waals surface area contributed by atoms with Crippen molar-refractivity contribution in [3.05, 3.63) is 50.9 Å². The van der Waals surface area contributed by atoms with Crippen molar-refractivity contribution in [1.29, 1.82) is 0 Å². The van der Waals surface area contributed by atoms with Crippen LogP contribution in [-0.2, 0) is 0 Å². The standard InChI is InChI=1S/C19H17BrClN3O3/c20-11-3-4-12(13(21)9-11)19-23-16-15(25)10-14(17(26)18(16)27-19)22-5-8-24-6-1-2-7-24/h3-4,9-10,22H,1-2,5-8H2. The largest absolute Gasteiger partial charge is 0.432 e. The number of Topliss-reactive ketones (excluding diaryl/α,β-unsaturated/α-hetero) is 1. The van der Waals surface area contributed by atoms with E-state index in [0.717, 1.165) is 24.1 Å². The van der Waals surface area contributed by atoms with E-state index in [2.05, 4.69) is 31.1 Å². The van der Waals surface area contributed by atoms with E-state index < -0.39 is 0 Å². The van der Waals surface area contributed by atoms with Gasteiger partial charge in [0.2, 0.25) is 23.2 Å².